The molecular formula is C25H23N3O5S. The van der Waals surface area contributed by atoms with Crippen LogP contribution in [0.25, 0.3) is 11.1 Å². The zero-order chi connectivity index (χ0) is 23.7. The maximum absolute atomic E-state index is 12.8. The molecule has 0 bridgehead atoms. The van der Waals surface area contributed by atoms with Crippen molar-refractivity contribution < 1.29 is 24.2 Å². The van der Waals surface area contributed by atoms with E-state index >= 15 is 0 Å². The maximum atomic E-state index is 12.8. The van der Waals surface area contributed by atoms with E-state index in [9.17, 15) is 14.4 Å². The zero-order valence-electron chi connectivity index (χ0n) is 18.3. The number of aliphatic carboxylic acids is 1. The SMILES string of the molecule is O=C(O)C[C@@H]1CCCN1C(=O)c1csc(NC(=O)OCC2c3ccccc3-c3ccccc32)n1. The summed E-state index contributed by atoms with van der Waals surface area (Å²) in [5.41, 5.74) is 4.74. The largest absolute Gasteiger partial charge is 0.481 e. The molecule has 1 aliphatic carbocycles. The number of benzene rings is 2. The Kier molecular flexibility index (Phi) is 6.02. The molecule has 3 aromatic rings. The first-order valence-corrected chi connectivity index (χ1v) is 12.0. The number of carbonyl (C=O) groups excluding carboxylic acids is 2. The van der Waals surface area contributed by atoms with Crippen LogP contribution in [0.1, 0.15) is 46.8 Å². The first kappa shape index (κ1) is 22.1. The van der Waals surface area contributed by atoms with E-state index in [2.05, 4.69) is 34.6 Å². The number of carboxylic acid groups (broad SMARTS) is 1. The molecule has 0 spiro atoms. The molecule has 2 heterocycles. The summed E-state index contributed by atoms with van der Waals surface area (Å²) >= 11 is 1.13. The van der Waals surface area contributed by atoms with E-state index < -0.39 is 12.1 Å². The molecule has 1 aromatic heterocycles. The number of amides is 2. The summed E-state index contributed by atoms with van der Waals surface area (Å²) in [5, 5.41) is 13.5. The summed E-state index contributed by atoms with van der Waals surface area (Å²) in [6.07, 6.45) is 0.701. The molecule has 0 unspecified atom stereocenters. The Morgan fingerprint density at radius 2 is 1.76 bits per heavy atom. The molecule has 0 saturated carbocycles. The fraction of sp³-hybridized carbons (Fsp3) is 0.280. The van der Waals surface area contributed by atoms with Crippen LogP contribution < -0.4 is 5.32 Å². The van der Waals surface area contributed by atoms with Gasteiger partial charge in [0, 0.05) is 23.9 Å². The average molecular weight is 478 g/mol. The van der Waals surface area contributed by atoms with Gasteiger partial charge < -0.3 is 14.7 Å². The highest BCUT2D eigenvalue weighted by molar-refractivity contribution is 7.14. The lowest BCUT2D eigenvalue weighted by atomic mass is 9.98. The molecule has 1 fully saturated rings. The van der Waals surface area contributed by atoms with Gasteiger partial charge in [-0.3, -0.25) is 14.9 Å². The molecule has 34 heavy (non-hydrogen) atoms. The zero-order valence-corrected chi connectivity index (χ0v) is 19.1. The third-order valence-corrected chi connectivity index (χ3v) is 7.08. The van der Waals surface area contributed by atoms with Crippen LogP contribution in [0.4, 0.5) is 9.93 Å². The van der Waals surface area contributed by atoms with Crippen molar-refractivity contribution in [2.45, 2.75) is 31.2 Å². The molecule has 1 atom stereocenters. The van der Waals surface area contributed by atoms with Gasteiger partial charge in [0.15, 0.2) is 5.13 Å². The van der Waals surface area contributed by atoms with Crippen molar-refractivity contribution in [3.8, 4) is 11.1 Å². The van der Waals surface area contributed by atoms with Crippen molar-refractivity contribution in [3.05, 3.63) is 70.7 Å². The molecule has 2 aromatic carbocycles. The summed E-state index contributed by atoms with van der Waals surface area (Å²) in [7, 11) is 0. The highest BCUT2D eigenvalue weighted by Crippen LogP contribution is 2.44. The minimum Gasteiger partial charge on any atom is -0.481 e. The van der Waals surface area contributed by atoms with Gasteiger partial charge in [0.25, 0.3) is 5.91 Å². The Morgan fingerprint density at radius 1 is 1.09 bits per heavy atom. The highest BCUT2D eigenvalue weighted by Gasteiger charge is 2.32. The van der Waals surface area contributed by atoms with Crippen LogP contribution in [-0.2, 0) is 9.53 Å². The first-order valence-electron chi connectivity index (χ1n) is 11.1. The normalized spacial score (nSPS) is 16.7. The van der Waals surface area contributed by atoms with E-state index in [0.717, 1.165) is 40.0 Å². The van der Waals surface area contributed by atoms with Gasteiger partial charge in [-0.05, 0) is 35.1 Å². The number of likely N-dealkylation sites (tertiary alicyclic amines) is 1. The number of nitrogens with zero attached hydrogens (tertiary/aromatic N) is 2. The molecule has 5 rings (SSSR count). The van der Waals surface area contributed by atoms with Crippen molar-refractivity contribution in [1.29, 1.82) is 0 Å². The molecule has 0 radical (unpaired) electrons. The van der Waals surface area contributed by atoms with Gasteiger partial charge >= 0.3 is 12.1 Å². The van der Waals surface area contributed by atoms with Crippen molar-refractivity contribution in [3.63, 3.8) is 0 Å². The molecule has 2 amide bonds. The van der Waals surface area contributed by atoms with Crippen LogP contribution in [0.15, 0.2) is 53.9 Å². The summed E-state index contributed by atoms with van der Waals surface area (Å²) in [4.78, 5) is 42.1. The number of hydrogen-bond acceptors (Lipinski definition) is 6. The Morgan fingerprint density at radius 3 is 2.44 bits per heavy atom. The van der Waals surface area contributed by atoms with Gasteiger partial charge in [0.1, 0.15) is 12.3 Å². The number of fused-ring (bicyclic) bond motifs is 3. The number of carboxylic acids is 1. The Bertz CT molecular complexity index is 1210. The minimum absolute atomic E-state index is 0.0482. The third kappa shape index (κ3) is 4.26. The standard InChI is InChI=1S/C25H23N3O5S/c29-22(30)12-15-6-5-11-28(15)23(31)21-14-34-24(26-21)27-25(32)33-13-20-18-9-3-1-7-16(18)17-8-2-4-10-19(17)20/h1-4,7-10,14-15,20H,5-6,11-13H2,(H,29,30)(H,26,27,32)/t15-/m0/s1. The van der Waals surface area contributed by atoms with E-state index in [0.29, 0.717) is 13.0 Å². The van der Waals surface area contributed by atoms with Crippen LogP contribution in [0.2, 0.25) is 0 Å². The number of hydrogen-bond donors (Lipinski definition) is 2. The molecule has 2 N–H and O–H groups in total. The average Bonchev–Trinajstić information content (AvgIpc) is 3.55. The van der Waals surface area contributed by atoms with Crippen LogP contribution >= 0.6 is 11.3 Å². The number of aromatic nitrogens is 1. The summed E-state index contributed by atoms with van der Waals surface area (Å²) in [6, 6.07) is 15.9. The number of anilines is 1. The number of carbonyl (C=O) groups is 3. The van der Waals surface area contributed by atoms with Crippen LogP contribution in [0, 0.1) is 0 Å². The van der Waals surface area contributed by atoms with Crippen molar-refractivity contribution >= 4 is 34.4 Å². The van der Waals surface area contributed by atoms with E-state index in [1.165, 1.54) is 0 Å². The summed E-state index contributed by atoms with van der Waals surface area (Å²) in [6.45, 7) is 0.686. The molecule has 9 heteroatoms. The number of thiazole rings is 1. The Hall–Kier alpha value is -3.72. The Balaban J connectivity index is 1.21. The van der Waals surface area contributed by atoms with E-state index in [1.54, 1.807) is 10.3 Å². The Labute approximate surface area is 200 Å². The van der Waals surface area contributed by atoms with E-state index in [1.807, 2.05) is 24.3 Å². The molecule has 174 valence electrons. The lowest BCUT2D eigenvalue weighted by Crippen LogP contribution is -2.37. The van der Waals surface area contributed by atoms with E-state index in [-0.39, 0.29) is 41.7 Å². The number of rotatable bonds is 6. The van der Waals surface area contributed by atoms with Gasteiger partial charge in [0.05, 0.1) is 6.42 Å². The smallest absolute Gasteiger partial charge is 0.413 e. The lowest BCUT2D eigenvalue weighted by molar-refractivity contribution is -0.137. The predicted octanol–water partition coefficient (Wildman–Crippen LogP) is 4.58. The number of nitrogens with one attached hydrogen (secondary N) is 1. The van der Waals surface area contributed by atoms with Gasteiger partial charge in [-0.15, -0.1) is 11.3 Å². The molecule has 1 saturated heterocycles. The second kappa shape index (κ2) is 9.26. The van der Waals surface area contributed by atoms with Gasteiger partial charge in [-0.1, -0.05) is 48.5 Å². The van der Waals surface area contributed by atoms with Crippen LogP contribution in [-0.4, -0.2) is 52.2 Å². The highest BCUT2D eigenvalue weighted by atomic mass is 32.1. The minimum atomic E-state index is -0.930. The maximum Gasteiger partial charge on any atom is 0.413 e. The summed E-state index contributed by atoms with van der Waals surface area (Å²) in [5.74, 6) is -1.30. The van der Waals surface area contributed by atoms with Crippen molar-refractivity contribution in [1.82, 2.24) is 9.88 Å². The van der Waals surface area contributed by atoms with Crippen LogP contribution in [0.5, 0.6) is 0 Å². The van der Waals surface area contributed by atoms with Crippen molar-refractivity contribution in [2.24, 2.45) is 0 Å². The second-order valence-corrected chi connectivity index (χ2v) is 9.24. The van der Waals surface area contributed by atoms with Gasteiger partial charge in [-0.25, -0.2) is 9.78 Å². The fourth-order valence-electron chi connectivity index (χ4n) is 4.82. The van der Waals surface area contributed by atoms with E-state index in [4.69, 9.17) is 9.84 Å². The molecular weight excluding hydrogens is 454 g/mol. The molecule has 2 aliphatic rings. The quantitative estimate of drug-likeness (QED) is 0.538. The van der Waals surface area contributed by atoms with Gasteiger partial charge in [0.2, 0.25) is 0 Å². The molecule has 1 aliphatic heterocycles. The predicted molar refractivity (Wildman–Crippen MR) is 127 cm³/mol. The second-order valence-electron chi connectivity index (χ2n) is 8.38. The van der Waals surface area contributed by atoms with Crippen LogP contribution in [0.3, 0.4) is 0 Å². The molecule has 8 nitrogen and oxygen atoms in total. The first-order chi connectivity index (χ1) is 16.5. The third-order valence-electron chi connectivity index (χ3n) is 6.32. The van der Waals surface area contributed by atoms with Crippen molar-refractivity contribution in [2.75, 3.05) is 18.5 Å². The fourth-order valence-corrected chi connectivity index (χ4v) is 5.49. The lowest BCUT2D eigenvalue weighted by Gasteiger charge is -2.22. The summed E-state index contributed by atoms with van der Waals surface area (Å²) < 4.78 is 5.53. The number of ether oxygens (including phenoxy) is 1. The monoisotopic (exact) mass is 477 g/mol. The van der Waals surface area contributed by atoms with Gasteiger partial charge in [-0.2, -0.15) is 0 Å². The topological polar surface area (TPSA) is 109 Å².